The number of nitrogens with one attached hydrogen (secondary N) is 1. The topological polar surface area (TPSA) is 40.0 Å². The number of carbonyl (C=O) groups is 1. The van der Waals surface area contributed by atoms with E-state index in [9.17, 15) is 4.79 Å². The van der Waals surface area contributed by atoms with E-state index >= 15 is 0 Å². The predicted molar refractivity (Wildman–Crippen MR) is 111 cm³/mol. The molecule has 2 aromatic carbocycles. The summed E-state index contributed by atoms with van der Waals surface area (Å²) in [7, 11) is 3.88. The highest BCUT2D eigenvalue weighted by molar-refractivity contribution is 5.78. The third-order valence-electron chi connectivity index (χ3n) is 6.16. The van der Waals surface area contributed by atoms with Crippen LogP contribution in [0.1, 0.15) is 43.7 Å². The number of likely N-dealkylation sites (tertiary alicyclic amines) is 1. The van der Waals surface area contributed by atoms with E-state index in [4.69, 9.17) is 9.47 Å². The van der Waals surface area contributed by atoms with Crippen molar-refractivity contribution in [3.8, 4) is 5.75 Å². The van der Waals surface area contributed by atoms with Crippen LogP contribution >= 0.6 is 0 Å². The summed E-state index contributed by atoms with van der Waals surface area (Å²) in [6.07, 6.45) is 2.47. The minimum atomic E-state index is -0.299. The third kappa shape index (κ3) is 4.93. The summed E-state index contributed by atoms with van der Waals surface area (Å²) in [4.78, 5) is 14.7. The second kappa shape index (κ2) is 9.24. The number of hydrogen-bond donors (Lipinski definition) is 1. The first kappa shape index (κ1) is 20.4. The summed E-state index contributed by atoms with van der Waals surface area (Å²) in [5.74, 6) is 0.401. The molecule has 4 nitrogen and oxygen atoms in total. The van der Waals surface area contributed by atoms with Crippen molar-refractivity contribution in [3.05, 3.63) is 65.7 Å². The molecule has 1 aliphatic rings. The molecule has 3 rings (SSSR count). The lowest BCUT2D eigenvalue weighted by molar-refractivity contribution is -0.933. The second-order valence-corrected chi connectivity index (χ2v) is 8.09. The first-order valence-electron chi connectivity index (χ1n) is 10.2. The first-order valence-corrected chi connectivity index (χ1v) is 10.2. The summed E-state index contributed by atoms with van der Waals surface area (Å²) < 4.78 is 11.3. The number of carbonyl (C=O) groups excluding carboxylic acids is 1. The first-order chi connectivity index (χ1) is 13.5. The van der Waals surface area contributed by atoms with Crippen LogP contribution in [-0.2, 0) is 16.0 Å². The Morgan fingerprint density at radius 1 is 1.04 bits per heavy atom. The van der Waals surface area contributed by atoms with Gasteiger partial charge in [0, 0.05) is 12.8 Å². The molecule has 0 bridgehead atoms. The normalized spacial score (nSPS) is 25.7. The van der Waals surface area contributed by atoms with Gasteiger partial charge in [0.05, 0.1) is 32.2 Å². The van der Waals surface area contributed by atoms with Gasteiger partial charge in [-0.3, -0.25) is 4.79 Å². The summed E-state index contributed by atoms with van der Waals surface area (Å²) in [5, 5.41) is 0. The second-order valence-electron chi connectivity index (χ2n) is 8.09. The van der Waals surface area contributed by atoms with Crippen LogP contribution in [0.25, 0.3) is 0 Å². The fraction of sp³-hybridized carbons (Fsp3) is 0.458. The Hall–Kier alpha value is -2.33. The van der Waals surface area contributed by atoms with Gasteiger partial charge >= 0.3 is 5.97 Å². The number of hydrogen-bond acceptors (Lipinski definition) is 3. The Kier molecular flexibility index (Phi) is 6.74. The molecular formula is C24H32NO3+. The molecule has 1 fully saturated rings. The van der Waals surface area contributed by atoms with Crippen LogP contribution in [0, 0.1) is 0 Å². The largest absolute Gasteiger partial charge is 0.497 e. The van der Waals surface area contributed by atoms with Crippen molar-refractivity contribution in [3.63, 3.8) is 0 Å². The lowest BCUT2D eigenvalue weighted by Gasteiger charge is -2.37. The van der Waals surface area contributed by atoms with Gasteiger partial charge in [0.25, 0.3) is 0 Å². The van der Waals surface area contributed by atoms with E-state index in [1.165, 1.54) is 4.90 Å². The van der Waals surface area contributed by atoms with Crippen LogP contribution in [0.5, 0.6) is 5.75 Å². The van der Waals surface area contributed by atoms with Crippen LogP contribution in [0.4, 0.5) is 0 Å². The summed E-state index contributed by atoms with van der Waals surface area (Å²) in [5.41, 5.74) is 2.10. The predicted octanol–water partition coefficient (Wildman–Crippen LogP) is 3.02. The Bertz CT molecular complexity index is 747. The molecule has 0 aromatic heterocycles. The van der Waals surface area contributed by atoms with Crippen molar-refractivity contribution in [2.24, 2.45) is 0 Å². The van der Waals surface area contributed by atoms with E-state index in [0.29, 0.717) is 18.5 Å². The molecule has 1 heterocycles. The van der Waals surface area contributed by atoms with Crippen molar-refractivity contribution < 1.29 is 19.2 Å². The zero-order valence-electron chi connectivity index (χ0n) is 17.4. The zero-order chi connectivity index (χ0) is 20.1. The maximum atomic E-state index is 13.2. The molecule has 4 heteroatoms. The molecule has 1 aliphatic heterocycles. The minimum Gasteiger partial charge on any atom is -0.497 e. The van der Waals surface area contributed by atoms with Gasteiger partial charge in [-0.15, -0.1) is 0 Å². The molecule has 1 N–H and O–H groups in total. The lowest BCUT2D eigenvalue weighted by atomic mass is 9.91. The van der Waals surface area contributed by atoms with Crippen molar-refractivity contribution in [1.29, 1.82) is 0 Å². The number of ether oxygens (including phenoxy) is 2. The average molecular weight is 383 g/mol. The van der Waals surface area contributed by atoms with Crippen LogP contribution in [0.3, 0.4) is 0 Å². The molecule has 0 aliphatic carbocycles. The highest BCUT2D eigenvalue weighted by Gasteiger charge is 2.35. The SMILES string of the molecule is COc1ccc(C[C@H](C(=O)OC2C[C@H](C)[NH+](C)[C@@H](C)C2)c2ccccc2)cc1. The number of methoxy groups -OCH3 is 1. The highest BCUT2D eigenvalue weighted by Crippen LogP contribution is 2.26. The van der Waals surface area contributed by atoms with Crippen LogP contribution in [0.15, 0.2) is 54.6 Å². The van der Waals surface area contributed by atoms with E-state index < -0.39 is 0 Å². The fourth-order valence-corrected chi connectivity index (χ4v) is 4.10. The standard InChI is InChI=1S/C24H31NO3/c1-17-14-22(15-18(2)25(17)3)28-24(26)23(20-8-6-5-7-9-20)16-19-10-12-21(27-4)13-11-19/h5-13,17-18,22-23H,14-16H2,1-4H3/p+1/t17-,18-,23-/m0/s1. The van der Waals surface area contributed by atoms with Crippen molar-refractivity contribution >= 4 is 5.97 Å². The summed E-state index contributed by atoms with van der Waals surface area (Å²) in [6, 6.07) is 18.9. The fourth-order valence-electron chi connectivity index (χ4n) is 4.10. The smallest absolute Gasteiger partial charge is 0.314 e. The molecule has 0 saturated carbocycles. The van der Waals surface area contributed by atoms with Crippen LogP contribution in [0.2, 0.25) is 0 Å². The van der Waals surface area contributed by atoms with E-state index in [1.807, 2.05) is 54.6 Å². The number of rotatable bonds is 6. The maximum Gasteiger partial charge on any atom is 0.314 e. The average Bonchev–Trinajstić information content (AvgIpc) is 2.71. The van der Waals surface area contributed by atoms with Gasteiger partial charge in [0.1, 0.15) is 11.9 Å². The van der Waals surface area contributed by atoms with Gasteiger partial charge < -0.3 is 14.4 Å². The molecule has 0 unspecified atom stereocenters. The Morgan fingerprint density at radius 3 is 2.21 bits per heavy atom. The maximum absolute atomic E-state index is 13.2. The minimum absolute atomic E-state index is 0.00304. The number of esters is 1. The van der Waals surface area contributed by atoms with Gasteiger partial charge in [-0.05, 0) is 43.5 Å². The Balaban J connectivity index is 1.75. The molecule has 28 heavy (non-hydrogen) atoms. The molecule has 3 atom stereocenters. The van der Waals surface area contributed by atoms with Crippen molar-refractivity contribution in [2.75, 3.05) is 14.2 Å². The number of piperidine rings is 1. The van der Waals surface area contributed by atoms with E-state index in [0.717, 1.165) is 29.7 Å². The summed E-state index contributed by atoms with van der Waals surface area (Å²) >= 11 is 0. The van der Waals surface area contributed by atoms with Gasteiger partial charge in [-0.25, -0.2) is 0 Å². The quantitative estimate of drug-likeness (QED) is 0.781. The molecule has 150 valence electrons. The number of quaternary nitrogens is 1. The van der Waals surface area contributed by atoms with Gasteiger partial charge in [0.15, 0.2) is 0 Å². The lowest BCUT2D eigenvalue weighted by Crippen LogP contribution is -3.17. The van der Waals surface area contributed by atoms with E-state index in [1.54, 1.807) is 7.11 Å². The number of benzene rings is 2. The molecule has 0 radical (unpaired) electrons. The summed E-state index contributed by atoms with van der Waals surface area (Å²) in [6.45, 7) is 4.47. The van der Waals surface area contributed by atoms with Gasteiger partial charge in [-0.1, -0.05) is 42.5 Å². The Morgan fingerprint density at radius 2 is 1.64 bits per heavy atom. The highest BCUT2D eigenvalue weighted by atomic mass is 16.5. The van der Waals surface area contributed by atoms with Crippen LogP contribution in [-0.4, -0.2) is 38.3 Å². The van der Waals surface area contributed by atoms with Crippen molar-refractivity contribution in [2.45, 2.75) is 57.2 Å². The monoisotopic (exact) mass is 382 g/mol. The molecule has 0 amide bonds. The molecule has 2 aromatic rings. The molecule has 0 spiro atoms. The van der Waals surface area contributed by atoms with Gasteiger partial charge in [-0.2, -0.15) is 0 Å². The van der Waals surface area contributed by atoms with E-state index in [2.05, 4.69) is 20.9 Å². The zero-order valence-corrected chi connectivity index (χ0v) is 17.4. The van der Waals surface area contributed by atoms with Crippen LogP contribution < -0.4 is 9.64 Å². The van der Waals surface area contributed by atoms with Crippen molar-refractivity contribution in [1.82, 2.24) is 0 Å². The third-order valence-corrected chi connectivity index (χ3v) is 6.16. The van der Waals surface area contributed by atoms with Gasteiger partial charge in [0.2, 0.25) is 0 Å². The Labute approximate surface area is 168 Å². The molecule has 1 saturated heterocycles. The van der Waals surface area contributed by atoms with E-state index in [-0.39, 0.29) is 18.0 Å². The molecular weight excluding hydrogens is 350 g/mol.